The molecule has 0 aliphatic heterocycles. The molecule has 19 heavy (non-hydrogen) atoms. The first kappa shape index (κ1) is 13.6. The van der Waals surface area contributed by atoms with Crippen molar-refractivity contribution in [2.45, 2.75) is 13.5 Å². The van der Waals surface area contributed by atoms with E-state index >= 15 is 0 Å². The smallest absolute Gasteiger partial charge is 0.254 e. The SMILES string of the molecule is Cc1c(Br)ccc(F)c1C(=O)NCCn1ncnn1. The predicted octanol–water partition coefficient (Wildman–Crippen LogP) is 1.31. The first-order valence-corrected chi connectivity index (χ1v) is 6.32. The number of carbonyl (C=O) groups excluding carboxylic acids is 1. The monoisotopic (exact) mass is 327 g/mol. The summed E-state index contributed by atoms with van der Waals surface area (Å²) in [5.74, 6) is -1.01. The fourth-order valence-electron chi connectivity index (χ4n) is 1.58. The number of nitrogens with one attached hydrogen (secondary N) is 1. The Hall–Kier alpha value is -1.83. The molecule has 100 valence electrons. The molecule has 1 amide bonds. The minimum atomic E-state index is -0.544. The lowest BCUT2D eigenvalue weighted by Crippen LogP contribution is -2.29. The van der Waals surface area contributed by atoms with Gasteiger partial charge in [0, 0.05) is 11.0 Å². The van der Waals surface area contributed by atoms with Gasteiger partial charge in [0.2, 0.25) is 0 Å². The van der Waals surface area contributed by atoms with Crippen molar-refractivity contribution in [3.63, 3.8) is 0 Å². The van der Waals surface area contributed by atoms with Crippen LogP contribution in [0.5, 0.6) is 0 Å². The van der Waals surface area contributed by atoms with Gasteiger partial charge in [-0.15, -0.1) is 10.2 Å². The molecule has 2 rings (SSSR count). The van der Waals surface area contributed by atoms with Crippen LogP contribution in [0.15, 0.2) is 22.9 Å². The molecule has 0 spiro atoms. The summed E-state index contributed by atoms with van der Waals surface area (Å²) in [7, 11) is 0. The van der Waals surface area contributed by atoms with E-state index in [9.17, 15) is 9.18 Å². The third-order valence-corrected chi connectivity index (χ3v) is 3.42. The Labute approximate surface area is 117 Å². The zero-order valence-electron chi connectivity index (χ0n) is 10.1. The predicted molar refractivity (Wildman–Crippen MR) is 69.0 cm³/mol. The fraction of sp³-hybridized carbons (Fsp3) is 0.273. The van der Waals surface area contributed by atoms with E-state index in [1.807, 2.05) is 0 Å². The first-order chi connectivity index (χ1) is 9.09. The number of hydrogen-bond acceptors (Lipinski definition) is 4. The Morgan fingerprint density at radius 2 is 2.32 bits per heavy atom. The maximum absolute atomic E-state index is 13.7. The first-order valence-electron chi connectivity index (χ1n) is 5.53. The summed E-state index contributed by atoms with van der Waals surface area (Å²) < 4.78 is 14.4. The Morgan fingerprint density at radius 3 is 3.00 bits per heavy atom. The van der Waals surface area contributed by atoms with E-state index in [1.165, 1.54) is 17.2 Å². The molecule has 2 aromatic rings. The highest BCUT2D eigenvalue weighted by Gasteiger charge is 2.16. The van der Waals surface area contributed by atoms with Crippen LogP contribution in [0, 0.1) is 12.7 Å². The molecule has 0 bridgehead atoms. The molecule has 0 atom stereocenters. The molecule has 6 nitrogen and oxygen atoms in total. The lowest BCUT2D eigenvalue weighted by Gasteiger charge is -2.09. The maximum atomic E-state index is 13.7. The van der Waals surface area contributed by atoms with Gasteiger partial charge in [0.05, 0.1) is 12.1 Å². The van der Waals surface area contributed by atoms with Crippen molar-refractivity contribution < 1.29 is 9.18 Å². The zero-order valence-corrected chi connectivity index (χ0v) is 11.7. The van der Waals surface area contributed by atoms with E-state index in [1.54, 1.807) is 13.0 Å². The summed E-state index contributed by atoms with van der Waals surface area (Å²) in [6, 6.07) is 2.83. The Bertz CT molecular complexity index is 587. The Kier molecular flexibility index (Phi) is 4.20. The standard InChI is InChI=1S/C11H11BrFN5O/c1-7-8(12)2-3-9(13)10(7)11(19)14-4-5-18-16-6-15-17-18/h2-3,6H,4-5H2,1H3,(H,14,19). The van der Waals surface area contributed by atoms with Gasteiger partial charge in [-0.25, -0.2) is 4.39 Å². The van der Waals surface area contributed by atoms with Crippen molar-refractivity contribution >= 4 is 21.8 Å². The second kappa shape index (κ2) is 5.87. The number of tetrazole rings is 1. The number of carbonyl (C=O) groups is 1. The largest absolute Gasteiger partial charge is 0.350 e. The minimum Gasteiger partial charge on any atom is -0.350 e. The average molecular weight is 328 g/mol. The summed E-state index contributed by atoms with van der Waals surface area (Å²) >= 11 is 3.27. The van der Waals surface area contributed by atoms with E-state index in [2.05, 4.69) is 36.7 Å². The van der Waals surface area contributed by atoms with E-state index < -0.39 is 11.7 Å². The van der Waals surface area contributed by atoms with Crippen LogP contribution in [0.4, 0.5) is 4.39 Å². The average Bonchev–Trinajstić information content (AvgIpc) is 2.87. The lowest BCUT2D eigenvalue weighted by molar-refractivity contribution is 0.0946. The molecule has 0 fully saturated rings. The van der Waals surface area contributed by atoms with E-state index in [0.29, 0.717) is 23.1 Å². The van der Waals surface area contributed by atoms with Gasteiger partial charge >= 0.3 is 0 Å². The van der Waals surface area contributed by atoms with Crippen molar-refractivity contribution in [3.05, 3.63) is 39.9 Å². The summed E-state index contributed by atoms with van der Waals surface area (Å²) in [5, 5.41) is 13.6. The van der Waals surface area contributed by atoms with Crippen molar-refractivity contribution in [3.8, 4) is 0 Å². The normalized spacial score (nSPS) is 10.5. The molecule has 8 heteroatoms. The molecule has 0 radical (unpaired) electrons. The van der Waals surface area contributed by atoms with Crippen LogP contribution in [0.1, 0.15) is 15.9 Å². The summed E-state index contributed by atoms with van der Waals surface area (Å²) in [6.07, 6.45) is 1.31. The highest BCUT2D eigenvalue weighted by Crippen LogP contribution is 2.22. The van der Waals surface area contributed by atoms with Gasteiger partial charge < -0.3 is 5.32 Å². The molecule has 0 unspecified atom stereocenters. The number of halogens is 2. The van der Waals surface area contributed by atoms with Crippen LogP contribution in [0.2, 0.25) is 0 Å². The van der Waals surface area contributed by atoms with Crippen molar-refractivity contribution in [1.82, 2.24) is 25.5 Å². The highest BCUT2D eigenvalue weighted by atomic mass is 79.9. The molecular formula is C11H11BrFN5O. The van der Waals surface area contributed by atoms with Crippen molar-refractivity contribution in [1.29, 1.82) is 0 Å². The van der Waals surface area contributed by atoms with Gasteiger partial charge in [0.15, 0.2) is 6.33 Å². The molecular weight excluding hydrogens is 317 g/mol. The maximum Gasteiger partial charge on any atom is 0.254 e. The Balaban J connectivity index is 2.02. The second-order valence-corrected chi connectivity index (χ2v) is 4.67. The fourth-order valence-corrected chi connectivity index (χ4v) is 1.91. The molecule has 1 N–H and O–H groups in total. The van der Waals surface area contributed by atoms with E-state index in [4.69, 9.17) is 0 Å². The topological polar surface area (TPSA) is 72.7 Å². The lowest BCUT2D eigenvalue weighted by atomic mass is 10.1. The second-order valence-electron chi connectivity index (χ2n) is 3.82. The zero-order chi connectivity index (χ0) is 13.8. The Morgan fingerprint density at radius 1 is 1.53 bits per heavy atom. The molecule has 1 heterocycles. The number of rotatable bonds is 4. The number of hydrogen-bond donors (Lipinski definition) is 1. The number of nitrogens with zero attached hydrogens (tertiary/aromatic N) is 4. The van der Waals surface area contributed by atoms with Crippen LogP contribution >= 0.6 is 15.9 Å². The van der Waals surface area contributed by atoms with Gasteiger partial charge in [0.1, 0.15) is 5.82 Å². The van der Waals surface area contributed by atoms with Gasteiger partial charge in [0.25, 0.3) is 5.91 Å². The van der Waals surface area contributed by atoms with Crippen LogP contribution in [0.25, 0.3) is 0 Å². The highest BCUT2D eigenvalue weighted by molar-refractivity contribution is 9.10. The van der Waals surface area contributed by atoms with Gasteiger partial charge in [-0.3, -0.25) is 4.79 Å². The molecule has 0 aliphatic carbocycles. The van der Waals surface area contributed by atoms with Crippen LogP contribution in [-0.4, -0.2) is 32.7 Å². The van der Waals surface area contributed by atoms with Crippen molar-refractivity contribution in [2.75, 3.05) is 6.54 Å². The quantitative estimate of drug-likeness (QED) is 0.919. The number of benzene rings is 1. The van der Waals surface area contributed by atoms with Crippen molar-refractivity contribution in [2.24, 2.45) is 0 Å². The molecule has 1 aromatic heterocycles. The molecule has 0 saturated carbocycles. The summed E-state index contributed by atoms with van der Waals surface area (Å²) in [4.78, 5) is 13.3. The van der Waals surface area contributed by atoms with E-state index in [-0.39, 0.29) is 5.56 Å². The van der Waals surface area contributed by atoms with Gasteiger partial charge in [-0.05, 0) is 29.8 Å². The number of aromatic nitrogens is 4. The summed E-state index contributed by atoms with van der Waals surface area (Å²) in [6.45, 7) is 2.35. The van der Waals surface area contributed by atoms with Crippen LogP contribution < -0.4 is 5.32 Å². The number of amides is 1. The molecule has 1 aromatic carbocycles. The van der Waals surface area contributed by atoms with E-state index in [0.717, 1.165) is 0 Å². The van der Waals surface area contributed by atoms with Gasteiger partial charge in [-0.1, -0.05) is 15.9 Å². The minimum absolute atomic E-state index is 0.0425. The van der Waals surface area contributed by atoms with Crippen LogP contribution in [0.3, 0.4) is 0 Å². The summed E-state index contributed by atoms with van der Waals surface area (Å²) in [5.41, 5.74) is 0.609. The molecule has 0 aliphatic rings. The molecule has 0 saturated heterocycles. The third-order valence-electron chi connectivity index (χ3n) is 2.56. The third kappa shape index (κ3) is 3.14. The van der Waals surface area contributed by atoms with Gasteiger partial charge in [-0.2, -0.15) is 4.80 Å². The van der Waals surface area contributed by atoms with Crippen LogP contribution in [-0.2, 0) is 6.54 Å².